The largest absolute Gasteiger partial charge is 0.396 e. The summed E-state index contributed by atoms with van der Waals surface area (Å²) in [6.45, 7) is 4.43. The van der Waals surface area contributed by atoms with E-state index >= 15 is 0 Å². The molecule has 3 heterocycles. The van der Waals surface area contributed by atoms with Crippen molar-refractivity contribution in [2.75, 3.05) is 29.9 Å². The third kappa shape index (κ3) is 2.98. The maximum Gasteiger partial charge on any atom is 0.229 e. The van der Waals surface area contributed by atoms with Gasteiger partial charge in [0.05, 0.1) is 10.2 Å². The number of fused-ring (bicyclic) bond motifs is 1. The minimum Gasteiger partial charge on any atom is -0.396 e. The lowest BCUT2D eigenvalue weighted by Crippen LogP contribution is -2.34. The van der Waals surface area contributed by atoms with Crippen LogP contribution in [-0.2, 0) is 4.79 Å². The first-order valence-electron chi connectivity index (χ1n) is 8.58. The maximum absolute atomic E-state index is 12.3. The van der Waals surface area contributed by atoms with Crippen LogP contribution in [-0.4, -0.2) is 40.7 Å². The van der Waals surface area contributed by atoms with Gasteiger partial charge in [-0.15, -0.1) is 0 Å². The van der Waals surface area contributed by atoms with Crippen molar-refractivity contribution >= 4 is 38.4 Å². The van der Waals surface area contributed by atoms with Gasteiger partial charge in [-0.05, 0) is 37.2 Å². The van der Waals surface area contributed by atoms with Gasteiger partial charge in [0.1, 0.15) is 0 Å². The van der Waals surface area contributed by atoms with Crippen molar-refractivity contribution in [3.63, 3.8) is 0 Å². The van der Waals surface area contributed by atoms with Crippen molar-refractivity contribution in [3.05, 3.63) is 12.3 Å². The van der Waals surface area contributed by atoms with E-state index in [1.165, 1.54) is 12.8 Å². The van der Waals surface area contributed by atoms with E-state index in [-0.39, 0.29) is 24.3 Å². The lowest BCUT2D eigenvalue weighted by molar-refractivity contribution is -0.117. The van der Waals surface area contributed by atoms with Crippen LogP contribution in [0.3, 0.4) is 0 Å². The van der Waals surface area contributed by atoms with Crippen LogP contribution >= 0.6 is 11.3 Å². The van der Waals surface area contributed by atoms with E-state index in [0.29, 0.717) is 11.7 Å². The number of nitrogens with one attached hydrogen (secondary N) is 1. The summed E-state index contributed by atoms with van der Waals surface area (Å²) in [5.41, 5.74) is 0.882. The average Bonchev–Trinajstić information content (AvgIpc) is 3.25. The van der Waals surface area contributed by atoms with Gasteiger partial charge in [0.25, 0.3) is 0 Å². The molecule has 2 aliphatic rings. The molecular formula is C17H22N4O2S. The predicted octanol–water partition coefficient (Wildman–Crippen LogP) is 2.49. The summed E-state index contributed by atoms with van der Waals surface area (Å²) in [5, 5.41) is 13.1. The Balaban J connectivity index is 1.57. The van der Waals surface area contributed by atoms with Crippen molar-refractivity contribution in [2.24, 2.45) is 17.8 Å². The van der Waals surface area contributed by atoms with Crippen molar-refractivity contribution < 1.29 is 9.90 Å². The number of anilines is 2. The van der Waals surface area contributed by atoms with Crippen molar-refractivity contribution in [2.45, 2.75) is 26.2 Å². The Morgan fingerprint density at radius 3 is 3.17 bits per heavy atom. The molecule has 2 aromatic heterocycles. The van der Waals surface area contributed by atoms with Gasteiger partial charge < -0.3 is 15.3 Å². The Morgan fingerprint density at radius 2 is 2.42 bits per heavy atom. The number of aliphatic hydroxyl groups is 1. The molecule has 3 atom stereocenters. The van der Waals surface area contributed by atoms with Gasteiger partial charge in [-0.25, -0.2) is 9.97 Å². The highest BCUT2D eigenvalue weighted by molar-refractivity contribution is 7.22. The first-order chi connectivity index (χ1) is 11.7. The molecule has 2 N–H and O–H groups in total. The average molecular weight is 346 g/mol. The Kier molecular flexibility index (Phi) is 4.14. The summed E-state index contributed by atoms with van der Waals surface area (Å²) < 4.78 is 0.931. The molecule has 2 fully saturated rings. The molecule has 1 aliphatic heterocycles. The molecule has 1 saturated heterocycles. The van der Waals surface area contributed by atoms with E-state index in [0.717, 1.165) is 34.9 Å². The number of carbonyl (C=O) groups excluding carboxylic acids is 1. The van der Waals surface area contributed by atoms with Gasteiger partial charge >= 0.3 is 0 Å². The fourth-order valence-corrected chi connectivity index (χ4v) is 4.45. The molecule has 128 valence electrons. The van der Waals surface area contributed by atoms with Crippen LogP contribution < -0.4 is 10.2 Å². The second kappa shape index (κ2) is 6.29. The molecule has 1 aliphatic carbocycles. The Labute approximate surface area is 144 Å². The van der Waals surface area contributed by atoms with Gasteiger partial charge in [0, 0.05) is 31.8 Å². The molecule has 7 heteroatoms. The zero-order valence-corrected chi connectivity index (χ0v) is 14.6. The number of aliphatic hydroxyl groups excluding tert-OH is 1. The highest BCUT2D eigenvalue weighted by Gasteiger charge is 2.42. The lowest BCUT2D eigenvalue weighted by Gasteiger charge is -2.30. The number of aromatic nitrogens is 2. The first-order valence-corrected chi connectivity index (χ1v) is 9.39. The van der Waals surface area contributed by atoms with Gasteiger partial charge in [-0.3, -0.25) is 4.79 Å². The second-order valence-electron chi connectivity index (χ2n) is 6.97. The summed E-state index contributed by atoms with van der Waals surface area (Å²) in [6, 6.07) is 1.89. The molecule has 24 heavy (non-hydrogen) atoms. The SMILES string of the molecule is CC1CCCN(c2nc3ccnc(NC(=O)C4CC4CO)c3s2)C1. The number of nitrogens with zero attached hydrogens (tertiary/aromatic N) is 3. The van der Waals surface area contributed by atoms with Gasteiger partial charge in [0.15, 0.2) is 10.9 Å². The molecule has 0 bridgehead atoms. The van der Waals surface area contributed by atoms with Crippen molar-refractivity contribution in [1.82, 2.24) is 9.97 Å². The molecule has 6 nitrogen and oxygen atoms in total. The lowest BCUT2D eigenvalue weighted by atomic mass is 10.0. The van der Waals surface area contributed by atoms with E-state index in [2.05, 4.69) is 22.1 Å². The van der Waals surface area contributed by atoms with Crippen LogP contribution in [0, 0.1) is 17.8 Å². The van der Waals surface area contributed by atoms with E-state index < -0.39 is 0 Å². The molecule has 0 aromatic carbocycles. The maximum atomic E-state index is 12.3. The third-order valence-corrected chi connectivity index (χ3v) is 6.09. The summed E-state index contributed by atoms with van der Waals surface area (Å²) in [4.78, 5) is 23.7. The minimum atomic E-state index is -0.0811. The Bertz CT molecular complexity index is 762. The van der Waals surface area contributed by atoms with Crippen LogP contribution in [0.15, 0.2) is 12.3 Å². The Hall–Kier alpha value is -1.73. The third-order valence-electron chi connectivity index (χ3n) is 4.96. The smallest absolute Gasteiger partial charge is 0.229 e. The van der Waals surface area contributed by atoms with Crippen molar-refractivity contribution in [3.8, 4) is 0 Å². The van der Waals surface area contributed by atoms with Crippen molar-refractivity contribution in [1.29, 1.82) is 0 Å². The highest BCUT2D eigenvalue weighted by atomic mass is 32.1. The van der Waals surface area contributed by atoms with E-state index in [4.69, 9.17) is 10.1 Å². The zero-order valence-electron chi connectivity index (χ0n) is 13.7. The summed E-state index contributed by atoms with van der Waals surface area (Å²) in [5.74, 6) is 1.26. The normalized spacial score (nSPS) is 26.6. The van der Waals surface area contributed by atoms with E-state index in [1.807, 2.05) is 6.07 Å². The first kappa shape index (κ1) is 15.8. The van der Waals surface area contributed by atoms with Crippen LogP contribution in [0.5, 0.6) is 0 Å². The number of rotatable bonds is 4. The van der Waals surface area contributed by atoms with E-state index in [1.54, 1.807) is 17.5 Å². The summed E-state index contributed by atoms with van der Waals surface area (Å²) in [6.07, 6.45) is 4.93. The number of carbonyl (C=O) groups is 1. The fourth-order valence-electron chi connectivity index (χ4n) is 3.41. The molecule has 0 radical (unpaired) electrons. The summed E-state index contributed by atoms with van der Waals surface area (Å²) >= 11 is 1.60. The second-order valence-corrected chi connectivity index (χ2v) is 7.95. The van der Waals surface area contributed by atoms with Crippen LogP contribution in [0.25, 0.3) is 10.2 Å². The molecule has 3 unspecified atom stereocenters. The molecule has 2 aromatic rings. The summed E-state index contributed by atoms with van der Waals surface area (Å²) in [7, 11) is 0. The minimum absolute atomic E-state index is 0.0457. The van der Waals surface area contributed by atoms with Crippen LogP contribution in [0.2, 0.25) is 0 Å². The number of thiazole rings is 1. The molecule has 1 saturated carbocycles. The quantitative estimate of drug-likeness (QED) is 0.889. The molecular weight excluding hydrogens is 324 g/mol. The predicted molar refractivity (Wildman–Crippen MR) is 95.3 cm³/mol. The zero-order chi connectivity index (χ0) is 16.7. The van der Waals surface area contributed by atoms with Crippen LogP contribution in [0.4, 0.5) is 10.9 Å². The number of amides is 1. The fraction of sp³-hybridized carbons (Fsp3) is 0.588. The number of piperidine rings is 1. The molecule has 4 rings (SSSR count). The van der Waals surface area contributed by atoms with Gasteiger partial charge in [-0.1, -0.05) is 18.3 Å². The Morgan fingerprint density at radius 1 is 1.54 bits per heavy atom. The van der Waals surface area contributed by atoms with Gasteiger partial charge in [0.2, 0.25) is 5.91 Å². The van der Waals surface area contributed by atoms with Crippen LogP contribution in [0.1, 0.15) is 26.2 Å². The monoisotopic (exact) mass is 346 g/mol. The van der Waals surface area contributed by atoms with Gasteiger partial charge in [-0.2, -0.15) is 0 Å². The highest BCUT2D eigenvalue weighted by Crippen LogP contribution is 2.40. The van der Waals surface area contributed by atoms with E-state index in [9.17, 15) is 4.79 Å². The molecule has 1 amide bonds. The number of hydrogen-bond donors (Lipinski definition) is 2. The topological polar surface area (TPSA) is 78.4 Å². The number of hydrogen-bond acceptors (Lipinski definition) is 6. The standard InChI is InChI=1S/C17H22N4O2S/c1-10-3-2-6-21(8-10)17-19-13-4-5-18-15(14(13)24-17)20-16(23)12-7-11(12)9-22/h4-5,10-12,22H,2-3,6-9H2,1H3,(H,18,20,23). The molecule has 0 spiro atoms. The number of pyridine rings is 1.